The molecule has 2 aliphatic rings. The van der Waals surface area contributed by atoms with E-state index in [4.69, 9.17) is 10.7 Å². The minimum atomic E-state index is -0.219. The first kappa shape index (κ1) is 18.8. The normalized spacial score (nSPS) is 24.2. The Kier molecular flexibility index (Phi) is 5.58. The van der Waals surface area contributed by atoms with Crippen molar-refractivity contribution in [3.63, 3.8) is 0 Å². The molecule has 2 aromatic carbocycles. The molecule has 4 rings (SSSR count). The number of nitrogens with one attached hydrogen (secondary N) is 1. The van der Waals surface area contributed by atoms with Crippen molar-refractivity contribution in [2.24, 2.45) is 16.6 Å². The third-order valence-corrected chi connectivity index (χ3v) is 6.14. The summed E-state index contributed by atoms with van der Waals surface area (Å²) >= 11 is 1.66. The lowest BCUT2D eigenvalue weighted by Gasteiger charge is -2.36. The summed E-state index contributed by atoms with van der Waals surface area (Å²) in [6.07, 6.45) is 3.38. The van der Waals surface area contributed by atoms with E-state index in [1.165, 1.54) is 12.8 Å². The minimum Gasteiger partial charge on any atom is -0.379 e. The largest absolute Gasteiger partial charge is 0.379 e. The maximum Gasteiger partial charge on any atom is 0.255 e. The SMILES string of the molecule is Cl.NC1=N[C@@]2(c3cccc(NC(=O)c4ccccc4)c3)CCC[C@H]2CS1. The number of hydrogen-bond acceptors (Lipinski definition) is 4. The van der Waals surface area contributed by atoms with E-state index in [2.05, 4.69) is 17.4 Å². The van der Waals surface area contributed by atoms with Crippen LogP contribution in [0.2, 0.25) is 0 Å². The van der Waals surface area contributed by atoms with Crippen LogP contribution in [0.25, 0.3) is 0 Å². The summed E-state index contributed by atoms with van der Waals surface area (Å²) in [7, 11) is 0. The summed E-state index contributed by atoms with van der Waals surface area (Å²) in [5.41, 5.74) is 8.45. The van der Waals surface area contributed by atoms with Crippen LogP contribution in [0.1, 0.15) is 35.2 Å². The van der Waals surface area contributed by atoms with E-state index in [0.717, 1.165) is 23.4 Å². The molecule has 0 saturated heterocycles. The number of nitrogens with zero attached hydrogens (tertiary/aromatic N) is 1. The second-order valence-corrected chi connectivity index (χ2v) is 7.72. The Morgan fingerprint density at radius 3 is 2.81 bits per heavy atom. The van der Waals surface area contributed by atoms with Crippen molar-refractivity contribution in [1.82, 2.24) is 0 Å². The van der Waals surface area contributed by atoms with Gasteiger partial charge in [0.1, 0.15) is 0 Å². The van der Waals surface area contributed by atoms with E-state index >= 15 is 0 Å². The Morgan fingerprint density at radius 2 is 2.00 bits per heavy atom. The molecule has 0 unspecified atom stereocenters. The zero-order chi connectivity index (χ0) is 17.3. The van der Waals surface area contributed by atoms with Crippen LogP contribution >= 0.6 is 24.2 Å². The van der Waals surface area contributed by atoms with E-state index in [1.54, 1.807) is 11.8 Å². The predicted octanol–water partition coefficient (Wildman–Crippen LogP) is 4.42. The van der Waals surface area contributed by atoms with E-state index in [0.29, 0.717) is 16.6 Å². The Balaban J connectivity index is 0.00000196. The number of anilines is 1. The van der Waals surface area contributed by atoms with Gasteiger partial charge in [-0.25, -0.2) is 0 Å². The van der Waals surface area contributed by atoms with Crippen LogP contribution in [0.15, 0.2) is 59.6 Å². The molecule has 26 heavy (non-hydrogen) atoms. The van der Waals surface area contributed by atoms with Gasteiger partial charge < -0.3 is 11.1 Å². The van der Waals surface area contributed by atoms with Crippen LogP contribution in [-0.4, -0.2) is 16.8 Å². The average molecular weight is 388 g/mol. The summed E-state index contributed by atoms with van der Waals surface area (Å²) in [5.74, 6) is 1.45. The number of benzene rings is 2. The Hall–Kier alpha value is -1.98. The van der Waals surface area contributed by atoms with Crippen LogP contribution in [0.5, 0.6) is 0 Å². The number of nitrogens with two attached hydrogens (primary N) is 1. The molecule has 4 nitrogen and oxygen atoms in total. The van der Waals surface area contributed by atoms with Gasteiger partial charge >= 0.3 is 0 Å². The minimum absolute atomic E-state index is 0. The van der Waals surface area contributed by atoms with Crippen LogP contribution in [0.4, 0.5) is 5.69 Å². The Morgan fingerprint density at radius 1 is 1.19 bits per heavy atom. The molecule has 2 aromatic rings. The number of thioether (sulfide) groups is 1. The highest BCUT2D eigenvalue weighted by Crippen LogP contribution is 2.50. The molecule has 0 radical (unpaired) electrons. The van der Waals surface area contributed by atoms with Crippen molar-refractivity contribution < 1.29 is 4.79 Å². The quantitative estimate of drug-likeness (QED) is 0.819. The fraction of sp³-hybridized carbons (Fsp3) is 0.300. The third-order valence-electron chi connectivity index (χ3n) is 5.18. The summed E-state index contributed by atoms with van der Waals surface area (Å²) in [4.78, 5) is 17.3. The maximum atomic E-state index is 12.4. The molecule has 0 spiro atoms. The fourth-order valence-corrected chi connectivity index (χ4v) is 4.99. The van der Waals surface area contributed by atoms with Crippen molar-refractivity contribution in [2.75, 3.05) is 11.1 Å². The summed E-state index contributed by atoms with van der Waals surface area (Å²) < 4.78 is 0. The standard InChI is InChI=1S/C20H21N3OS.ClH/c21-19-23-20(11-5-9-16(20)13-25-19)15-8-4-10-17(12-15)22-18(24)14-6-2-1-3-7-14;/h1-4,6-8,10,12,16H,5,9,11,13H2,(H2,21,23)(H,22,24);1H/t16-,20+;/m0./s1. The molecule has 6 heteroatoms. The Bertz CT molecular complexity index is 827. The molecule has 0 aromatic heterocycles. The number of fused-ring (bicyclic) bond motifs is 1. The molecular weight excluding hydrogens is 366 g/mol. The molecule has 1 aliphatic carbocycles. The zero-order valence-corrected chi connectivity index (χ0v) is 16.0. The maximum absolute atomic E-state index is 12.4. The molecule has 136 valence electrons. The molecule has 1 aliphatic heterocycles. The van der Waals surface area contributed by atoms with Crippen molar-refractivity contribution in [1.29, 1.82) is 0 Å². The first-order chi connectivity index (χ1) is 12.2. The van der Waals surface area contributed by atoms with Gasteiger partial charge in [0.15, 0.2) is 5.17 Å². The second kappa shape index (κ2) is 7.72. The molecule has 1 heterocycles. The first-order valence-corrected chi connectivity index (χ1v) is 9.61. The number of rotatable bonds is 3. The van der Waals surface area contributed by atoms with E-state index in [1.807, 2.05) is 42.5 Å². The number of carbonyl (C=O) groups is 1. The lowest BCUT2D eigenvalue weighted by atomic mass is 9.81. The van der Waals surface area contributed by atoms with Gasteiger partial charge in [0.2, 0.25) is 0 Å². The van der Waals surface area contributed by atoms with Crippen molar-refractivity contribution in [3.05, 3.63) is 65.7 Å². The summed E-state index contributed by atoms with van der Waals surface area (Å²) in [6, 6.07) is 17.4. The monoisotopic (exact) mass is 387 g/mol. The summed E-state index contributed by atoms with van der Waals surface area (Å²) in [6.45, 7) is 0. The third kappa shape index (κ3) is 3.46. The highest BCUT2D eigenvalue weighted by molar-refractivity contribution is 8.13. The second-order valence-electron chi connectivity index (χ2n) is 6.68. The lowest BCUT2D eigenvalue weighted by Crippen LogP contribution is -2.36. The van der Waals surface area contributed by atoms with Gasteiger partial charge in [-0.1, -0.05) is 48.5 Å². The molecular formula is C20H22ClN3OS. The molecule has 1 saturated carbocycles. The lowest BCUT2D eigenvalue weighted by molar-refractivity contribution is 0.102. The topological polar surface area (TPSA) is 67.5 Å². The van der Waals surface area contributed by atoms with Crippen molar-refractivity contribution >= 4 is 40.9 Å². The smallest absolute Gasteiger partial charge is 0.255 e. The van der Waals surface area contributed by atoms with Gasteiger partial charge in [-0.3, -0.25) is 9.79 Å². The molecule has 2 atom stereocenters. The van der Waals surface area contributed by atoms with Crippen LogP contribution in [0.3, 0.4) is 0 Å². The predicted molar refractivity (Wildman–Crippen MR) is 111 cm³/mol. The van der Waals surface area contributed by atoms with Gasteiger partial charge in [-0.05, 0) is 48.6 Å². The van der Waals surface area contributed by atoms with Crippen molar-refractivity contribution in [2.45, 2.75) is 24.8 Å². The van der Waals surface area contributed by atoms with E-state index in [-0.39, 0.29) is 23.9 Å². The number of hydrogen-bond donors (Lipinski definition) is 2. The van der Waals surface area contributed by atoms with Crippen molar-refractivity contribution in [3.8, 4) is 0 Å². The van der Waals surface area contributed by atoms with Gasteiger partial charge in [0.25, 0.3) is 5.91 Å². The Labute approximate surface area is 164 Å². The number of halogens is 1. The summed E-state index contributed by atoms with van der Waals surface area (Å²) in [5, 5.41) is 3.68. The van der Waals surface area contributed by atoms with Gasteiger partial charge in [-0.2, -0.15) is 0 Å². The number of amides is 1. The van der Waals surface area contributed by atoms with Gasteiger partial charge in [0.05, 0.1) is 5.54 Å². The van der Waals surface area contributed by atoms with E-state index < -0.39 is 0 Å². The zero-order valence-electron chi connectivity index (χ0n) is 14.4. The van der Waals surface area contributed by atoms with Crippen LogP contribution < -0.4 is 11.1 Å². The molecule has 1 fully saturated rings. The molecule has 3 N–H and O–H groups in total. The van der Waals surface area contributed by atoms with Gasteiger partial charge in [0, 0.05) is 17.0 Å². The highest BCUT2D eigenvalue weighted by atomic mass is 35.5. The van der Waals surface area contributed by atoms with Crippen LogP contribution in [-0.2, 0) is 5.54 Å². The highest BCUT2D eigenvalue weighted by Gasteiger charge is 2.46. The number of aliphatic imine (C=N–C) groups is 1. The molecule has 1 amide bonds. The fourth-order valence-electron chi connectivity index (χ4n) is 3.95. The van der Waals surface area contributed by atoms with Crippen LogP contribution in [0, 0.1) is 5.92 Å². The molecule has 0 bridgehead atoms. The van der Waals surface area contributed by atoms with E-state index in [9.17, 15) is 4.79 Å². The number of amidine groups is 1. The average Bonchev–Trinajstić information content (AvgIpc) is 3.07. The number of carbonyl (C=O) groups excluding carboxylic acids is 1. The first-order valence-electron chi connectivity index (χ1n) is 8.62. The van der Waals surface area contributed by atoms with Gasteiger partial charge in [-0.15, -0.1) is 12.4 Å².